The van der Waals surface area contributed by atoms with Crippen LogP contribution in [0.1, 0.15) is 24.5 Å². The zero-order valence-corrected chi connectivity index (χ0v) is 13.5. The number of anilines is 2. The van der Waals surface area contributed by atoms with E-state index in [9.17, 15) is 0 Å². The van der Waals surface area contributed by atoms with Crippen molar-refractivity contribution in [3.8, 4) is 5.75 Å². The summed E-state index contributed by atoms with van der Waals surface area (Å²) in [5.41, 5.74) is 4.81. The number of nitrogens with one attached hydrogen (secondary N) is 2. The first-order valence-corrected chi connectivity index (χ1v) is 8.08. The predicted molar refractivity (Wildman–Crippen MR) is 95.9 cm³/mol. The molecule has 2 aromatic carbocycles. The van der Waals surface area contributed by atoms with E-state index >= 15 is 0 Å². The highest BCUT2D eigenvalue weighted by Crippen LogP contribution is 2.26. The highest BCUT2D eigenvalue weighted by atomic mass is 32.1. The minimum atomic E-state index is 0.574. The summed E-state index contributed by atoms with van der Waals surface area (Å²) in [5, 5.41) is 7.04. The molecular weight excluding hydrogens is 292 g/mol. The van der Waals surface area contributed by atoms with Crippen LogP contribution in [0.3, 0.4) is 0 Å². The Labute approximate surface area is 136 Å². The lowest BCUT2D eigenvalue weighted by Crippen LogP contribution is -2.19. The molecule has 4 heteroatoms. The highest BCUT2D eigenvalue weighted by Gasteiger charge is 2.11. The van der Waals surface area contributed by atoms with Crippen molar-refractivity contribution < 1.29 is 4.74 Å². The molecule has 0 amide bonds. The predicted octanol–water partition coefficient (Wildman–Crippen LogP) is 4.38. The fourth-order valence-electron chi connectivity index (χ4n) is 2.79. The lowest BCUT2D eigenvalue weighted by molar-refractivity contribution is 0.342. The zero-order valence-electron chi connectivity index (χ0n) is 12.7. The van der Waals surface area contributed by atoms with Gasteiger partial charge in [-0.1, -0.05) is 18.2 Å². The second kappa shape index (κ2) is 6.79. The van der Waals surface area contributed by atoms with Crippen molar-refractivity contribution in [2.45, 2.75) is 26.2 Å². The molecule has 0 aliphatic heterocycles. The summed E-state index contributed by atoms with van der Waals surface area (Å²) in [4.78, 5) is 0. The van der Waals surface area contributed by atoms with Crippen LogP contribution in [-0.4, -0.2) is 11.7 Å². The fraction of sp³-hybridized carbons (Fsp3) is 0.278. The van der Waals surface area contributed by atoms with Crippen molar-refractivity contribution in [2.24, 2.45) is 0 Å². The maximum absolute atomic E-state index is 5.60. The Morgan fingerprint density at radius 1 is 1.09 bits per heavy atom. The Morgan fingerprint density at radius 3 is 2.77 bits per heavy atom. The van der Waals surface area contributed by atoms with E-state index in [2.05, 4.69) is 28.8 Å². The monoisotopic (exact) mass is 312 g/mol. The molecule has 0 atom stereocenters. The van der Waals surface area contributed by atoms with Crippen LogP contribution in [0.2, 0.25) is 0 Å². The van der Waals surface area contributed by atoms with Gasteiger partial charge in [0.05, 0.1) is 12.3 Å². The summed E-state index contributed by atoms with van der Waals surface area (Å²) < 4.78 is 5.60. The quantitative estimate of drug-likeness (QED) is 0.821. The van der Waals surface area contributed by atoms with Gasteiger partial charge >= 0.3 is 0 Å². The van der Waals surface area contributed by atoms with Crippen LogP contribution in [0.15, 0.2) is 42.5 Å². The normalized spacial score (nSPS) is 12.6. The maximum Gasteiger partial charge on any atom is 0.175 e. The number of hydrogen-bond donors (Lipinski definition) is 2. The summed E-state index contributed by atoms with van der Waals surface area (Å²) in [6.45, 7) is 2.60. The molecule has 22 heavy (non-hydrogen) atoms. The van der Waals surface area contributed by atoms with E-state index < -0.39 is 0 Å². The number of para-hydroxylation sites is 2. The first kappa shape index (κ1) is 14.9. The molecule has 0 heterocycles. The smallest absolute Gasteiger partial charge is 0.175 e. The van der Waals surface area contributed by atoms with Gasteiger partial charge in [-0.2, -0.15) is 0 Å². The van der Waals surface area contributed by atoms with Crippen LogP contribution in [0.5, 0.6) is 5.75 Å². The highest BCUT2D eigenvalue weighted by molar-refractivity contribution is 7.80. The molecule has 0 fully saturated rings. The molecule has 0 spiro atoms. The Hall–Kier alpha value is -2.07. The third-order valence-electron chi connectivity index (χ3n) is 3.79. The van der Waals surface area contributed by atoms with E-state index in [4.69, 9.17) is 17.0 Å². The van der Waals surface area contributed by atoms with Gasteiger partial charge in [0.2, 0.25) is 0 Å². The number of thiocarbonyl (C=S) groups is 1. The van der Waals surface area contributed by atoms with Gasteiger partial charge in [0.1, 0.15) is 5.75 Å². The third-order valence-corrected chi connectivity index (χ3v) is 4.00. The van der Waals surface area contributed by atoms with Crippen molar-refractivity contribution in [2.75, 3.05) is 17.2 Å². The fourth-order valence-corrected chi connectivity index (χ4v) is 3.01. The Morgan fingerprint density at radius 2 is 1.91 bits per heavy atom. The van der Waals surface area contributed by atoms with Crippen LogP contribution in [0.25, 0.3) is 0 Å². The van der Waals surface area contributed by atoms with Gasteiger partial charge in [-0.25, -0.2) is 0 Å². The molecule has 2 N–H and O–H groups in total. The van der Waals surface area contributed by atoms with E-state index in [0.29, 0.717) is 11.7 Å². The van der Waals surface area contributed by atoms with Crippen LogP contribution >= 0.6 is 12.2 Å². The first-order valence-electron chi connectivity index (χ1n) is 7.68. The summed E-state index contributed by atoms with van der Waals surface area (Å²) in [6, 6.07) is 14.3. The number of fused-ring (bicyclic) bond motifs is 1. The van der Waals surface area contributed by atoms with Gasteiger partial charge in [0, 0.05) is 5.69 Å². The summed E-state index contributed by atoms with van der Waals surface area (Å²) >= 11 is 5.41. The van der Waals surface area contributed by atoms with E-state index in [1.807, 2.05) is 31.2 Å². The second-order valence-electron chi connectivity index (χ2n) is 5.35. The molecule has 1 aliphatic rings. The van der Waals surface area contributed by atoms with Gasteiger partial charge in [-0.15, -0.1) is 0 Å². The van der Waals surface area contributed by atoms with Gasteiger partial charge in [0.15, 0.2) is 5.11 Å². The third kappa shape index (κ3) is 3.39. The Bertz CT molecular complexity index is 685. The number of benzene rings is 2. The van der Waals surface area contributed by atoms with Crippen LogP contribution in [-0.2, 0) is 12.8 Å². The first-order chi connectivity index (χ1) is 10.8. The molecule has 0 saturated carbocycles. The molecule has 1 aliphatic carbocycles. The molecule has 114 valence electrons. The summed E-state index contributed by atoms with van der Waals surface area (Å²) in [6.07, 6.45) is 3.61. The summed E-state index contributed by atoms with van der Waals surface area (Å²) in [5.74, 6) is 0.808. The standard InChI is InChI=1S/C18H20N2OS/c1-2-21-17-9-4-3-8-16(17)20-18(22)19-15-11-10-13-6-5-7-14(13)12-15/h3-4,8-12H,2,5-7H2,1H3,(H2,19,20,22). The number of hydrogen-bond acceptors (Lipinski definition) is 2. The van der Waals surface area contributed by atoms with Gasteiger partial charge in [-0.05, 0) is 73.8 Å². The SMILES string of the molecule is CCOc1ccccc1NC(=S)Nc1ccc2c(c1)CCC2. The lowest BCUT2D eigenvalue weighted by atomic mass is 10.1. The van der Waals surface area contributed by atoms with Crippen LogP contribution in [0.4, 0.5) is 11.4 Å². The molecule has 2 aromatic rings. The van der Waals surface area contributed by atoms with Crippen molar-refractivity contribution >= 4 is 28.7 Å². The van der Waals surface area contributed by atoms with Crippen molar-refractivity contribution in [1.29, 1.82) is 0 Å². The van der Waals surface area contributed by atoms with Crippen LogP contribution < -0.4 is 15.4 Å². The average Bonchev–Trinajstić information content (AvgIpc) is 2.97. The van der Waals surface area contributed by atoms with Crippen molar-refractivity contribution in [1.82, 2.24) is 0 Å². The van der Waals surface area contributed by atoms with Gasteiger partial charge in [-0.3, -0.25) is 0 Å². The Balaban J connectivity index is 1.68. The van der Waals surface area contributed by atoms with Gasteiger partial charge < -0.3 is 15.4 Å². The van der Waals surface area contributed by atoms with E-state index in [-0.39, 0.29) is 0 Å². The van der Waals surface area contributed by atoms with Crippen molar-refractivity contribution in [3.63, 3.8) is 0 Å². The molecule has 0 aromatic heterocycles. The lowest BCUT2D eigenvalue weighted by Gasteiger charge is -2.14. The molecule has 0 bridgehead atoms. The molecule has 0 saturated heterocycles. The van der Waals surface area contributed by atoms with E-state index in [0.717, 1.165) is 23.5 Å². The average molecular weight is 312 g/mol. The molecular formula is C18H20N2OS. The molecule has 3 rings (SSSR count). The van der Waals surface area contributed by atoms with E-state index in [1.54, 1.807) is 0 Å². The number of rotatable bonds is 4. The number of ether oxygens (including phenoxy) is 1. The maximum atomic E-state index is 5.60. The molecule has 0 unspecified atom stereocenters. The minimum absolute atomic E-state index is 0.574. The van der Waals surface area contributed by atoms with E-state index in [1.165, 1.54) is 24.0 Å². The zero-order chi connectivity index (χ0) is 15.4. The molecule has 3 nitrogen and oxygen atoms in total. The largest absolute Gasteiger partial charge is 0.492 e. The summed E-state index contributed by atoms with van der Waals surface area (Å²) in [7, 11) is 0. The second-order valence-corrected chi connectivity index (χ2v) is 5.75. The van der Waals surface area contributed by atoms with Crippen molar-refractivity contribution in [3.05, 3.63) is 53.6 Å². The minimum Gasteiger partial charge on any atom is -0.492 e. The van der Waals surface area contributed by atoms with Crippen LogP contribution in [0, 0.1) is 0 Å². The number of aryl methyl sites for hydroxylation is 2. The molecule has 0 radical (unpaired) electrons. The Kier molecular flexibility index (Phi) is 4.59. The topological polar surface area (TPSA) is 33.3 Å². The van der Waals surface area contributed by atoms with Gasteiger partial charge in [0.25, 0.3) is 0 Å².